The number of nitrogens with zero attached hydrogens (tertiary/aromatic N) is 2. The molecule has 0 atom stereocenters. The zero-order chi connectivity index (χ0) is 8.69. The molecule has 0 saturated carbocycles. The van der Waals surface area contributed by atoms with Crippen LogP contribution in [0.4, 0.5) is 0 Å². The van der Waals surface area contributed by atoms with Crippen molar-refractivity contribution in [1.82, 2.24) is 9.97 Å². The molecule has 4 nitrogen and oxygen atoms in total. The predicted octanol–water partition coefficient (Wildman–Crippen LogP) is 0.862. The second-order valence-corrected chi connectivity index (χ2v) is 1.40. The number of carbonyl (C=O) groups is 1. The number of hydrogen-bond acceptors (Lipinski definition) is 3. The van der Waals surface area contributed by atoms with E-state index in [-0.39, 0.29) is 5.69 Å². The van der Waals surface area contributed by atoms with Gasteiger partial charge in [0.2, 0.25) is 0 Å². The molecule has 64 valence electrons. The molecule has 1 N–H and O–H groups in total. The molecule has 0 amide bonds. The molecule has 0 radical (unpaired) electrons. The monoisotopic (exact) mass is 222 g/mol. The zero-order valence-corrected chi connectivity index (χ0v) is 6.86. The van der Waals surface area contributed by atoms with Crippen LogP contribution >= 0.6 is 10.1 Å². The molecule has 1 aromatic rings. The molecule has 0 fully saturated rings. The summed E-state index contributed by atoms with van der Waals surface area (Å²) in [7, 11) is 4.20. The zero-order valence-electron chi connectivity index (χ0n) is 5.16. The number of rotatable bonds is 1. The van der Waals surface area contributed by atoms with Crippen LogP contribution in [0.3, 0.4) is 0 Å². The van der Waals surface area contributed by atoms with Crippen LogP contribution in [0.25, 0.3) is 0 Å². The molecule has 0 aliphatic rings. The molecule has 1 aromatic heterocycles. The molecule has 0 saturated heterocycles. The summed E-state index contributed by atoms with van der Waals surface area (Å²) in [5.41, 5.74) is -0.0301. The first-order chi connectivity index (χ1) is 5.30. The third kappa shape index (κ3) is 3.93. The van der Waals surface area contributed by atoms with Crippen LogP contribution in [0.15, 0.2) is 18.6 Å². The molecular weight excluding hydrogens is 219 g/mol. The molecular formula is C5H4ClCuN2O2. The van der Waals surface area contributed by atoms with Crippen LogP contribution in [0.1, 0.15) is 10.5 Å². The van der Waals surface area contributed by atoms with E-state index in [1.54, 1.807) is 0 Å². The average Bonchev–Trinajstić information content (AvgIpc) is 2.10. The van der Waals surface area contributed by atoms with Crippen molar-refractivity contribution in [2.75, 3.05) is 0 Å². The summed E-state index contributed by atoms with van der Waals surface area (Å²) in [5, 5.41) is 8.28. The Labute approximate surface area is 75.7 Å². The van der Waals surface area contributed by atoms with Crippen molar-refractivity contribution in [3.05, 3.63) is 24.3 Å². The van der Waals surface area contributed by atoms with Gasteiger partial charge in [0.05, 0.1) is 6.20 Å². The molecule has 0 bridgehead atoms. The summed E-state index contributed by atoms with van der Waals surface area (Å²) in [6, 6.07) is 0. The Bertz CT molecular complexity index is 219. The number of aromatic nitrogens is 2. The van der Waals surface area contributed by atoms with Crippen molar-refractivity contribution in [2.24, 2.45) is 0 Å². The van der Waals surface area contributed by atoms with Gasteiger partial charge in [-0.25, -0.2) is 9.78 Å². The van der Waals surface area contributed by atoms with Crippen LogP contribution in [0, 0.1) is 0 Å². The van der Waals surface area contributed by atoms with Gasteiger partial charge in [0.25, 0.3) is 0 Å². The van der Waals surface area contributed by atoms with E-state index in [1.165, 1.54) is 18.6 Å². The van der Waals surface area contributed by atoms with Crippen LogP contribution in [-0.2, 0) is 15.1 Å². The fraction of sp³-hybridized carbons (Fsp3) is 0. The molecule has 1 heterocycles. The number of hydrogen-bond donors (Lipinski definition) is 1. The van der Waals surface area contributed by atoms with Gasteiger partial charge in [-0.2, -0.15) is 0 Å². The van der Waals surface area contributed by atoms with Gasteiger partial charge in [-0.3, -0.25) is 4.98 Å². The van der Waals surface area contributed by atoms with Crippen molar-refractivity contribution in [1.29, 1.82) is 0 Å². The average molecular weight is 223 g/mol. The van der Waals surface area contributed by atoms with Crippen LogP contribution in [0.5, 0.6) is 0 Å². The normalized spacial score (nSPS) is 7.91. The van der Waals surface area contributed by atoms with Gasteiger partial charge in [0.1, 0.15) is 0 Å². The molecule has 6 heteroatoms. The maximum absolute atomic E-state index is 10.1. The first kappa shape index (κ1) is 10.4. The Kier molecular flexibility index (Phi) is 5.74. The van der Waals surface area contributed by atoms with E-state index in [4.69, 9.17) is 5.11 Å². The second kappa shape index (κ2) is 6.09. The van der Waals surface area contributed by atoms with Crippen molar-refractivity contribution in [3.8, 4) is 0 Å². The number of halogens is 1. The van der Waals surface area contributed by atoms with E-state index >= 15 is 0 Å². The van der Waals surface area contributed by atoms with E-state index in [2.05, 4.69) is 35.2 Å². The quantitative estimate of drug-likeness (QED) is 0.717. The summed E-state index contributed by atoms with van der Waals surface area (Å²) in [6.45, 7) is 0. The Balaban J connectivity index is 0.000000461. The maximum atomic E-state index is 10.1. The van der Waals surface area contributed by atoms with Gasteiger partial charge >= 0.3 is 31.2 Å². The molecule has 0 aliphatic heterocycles. The van der Waals surface area contributed by atoms with E-state index in [0.29, 0.717) is 0 Å². The van der Waals surface area contributed by atoms with Crippen molar-refractivity contribution in [3.63, 3.8) is 0 Å². The summed E-state index contributed by atoms with van der Waals surface area (Å²) < 4.78 is 0. The van der Waals surface area contributed by atoms with E-state index in [0.717, 1.165) is 0 Å². The number of carboxylic acid groups (broad SMARTS) is 1. The first-order valence-corrected chi connectivity index (χ1v) is 3.71. The van der Waals surface area contributed by atoms with Gasteiger partial charge in [0.15, 0.2) is 5.69 Å². The standard InChI is InChI=1S/C5H4N2O2.ClH.Cu/c8-5(9)4-3-6-1-2-7-4;;/h1-3H,(H,8,9);1H;/q;;+1/p-1. The van der Waals surface area contributed by atoms with Crippen LogP contribution in [0.2, 0.25) is 0 Å². The Morgan fingerprint density at radius 2 is 2.18 bits per heavy atom. The molecule has 1 rings (SSSR count). The summed E-state index contributed by atoms with van der Waals surface area (Å²) in [4.78, 5) is 17.2. The van der Waals surface area contributed by atoms with E-state index < -0.39 is 5.97 Å². The van der Waals surface area contributed by atoms with Crippen molar-refractivity contribution in [2.45, 2.75) is 0 Å². The molecule has 0 spiro atoms. The minimum atomic E-state index is -1.05. The summed E-state index contributed by atoms with van der Waals surface area (Å²) >= 11 is 3.66. The van der Waals surface area contributed by atoms with Gasteiger partial charge in [0, 0.05) is 12.4 Å². The third-order valence-electron chi connectivity index (χ3n) is 0.782. The fourth-order valence-corrected chi connectivity index (χ4v) is 0.410. The van der Waals surface area contributed by atoms with Crippen LogP contribution < -0.4 is 0 Å². The summed E-state index contributed by atoms with van der Waals surface area (Å²) in [5.74, 6) is -1.05. The first-order valence-electron chi connectivity index (χ1n) is 2.41. The Morgan fingerprint density at radius 3 is 2.45 bits per heavy atom. The summed E-state index contributed by atoms with van der Waals surface area (Å²) in [6.07, 6.45) is 3.96. The van der Waals surface area contributed by atoms with Gasteiger partial charge in [-0.1, -0.05) is 0 Å². The number of carboxylic acids is 1. The van der Waals surface area contributed by atoms with E-state index in [9.17, 15) is 4.79 Å². The molecule has 0 aliphatic carbocycles. The second-order valence-electron chi connectivity index (χ2n) is 1.40. The topological polar surface area (TPSA) is 63.1 Å². The Hall–Kier alpha value is -0.641. The van der Waals surface area contributed by atoms with E-state index in [1.807, 2.05) is 0 Å². The third-order valence-corrected chi connectivity index (χ3v) is 0.782. The fourth-order valence-electron chi connectivity index (χ4n) is 0.410. The van der Waals surface area contributed by atoms with Crippen molar-refractivity contribution < 1.29 is 25.0 Å². The Morgan fingerprint density at radius 1 is 1.55 bits per heavy atom. The van der Waals surface area contributed by atoms with Crippen molar-refractivity contribution >= 4 is 16.1 Å². The molecule has 0 aromatic carbocycles. The number of aromatic carboxylic acids is 1. The van der Waals surface area contributed by atoms with Gasteiger partial charge in [-0.05, 0) is 0 Å². The van der Waals surface area contributed by atoms with Gasteiger partial charge in [-0.15, -0.1) is 0 Å². The SMILES string of the molecule is O=C(O)c1cnccn1.[Cl][Cu]. The predicted molar refractivity (Wildman–Crippen MR) is 34.8 cm³/mol. The van der Waals surface area contributed by atoms with Crippen LogP contribution in [-0.4, -0.2) is 21.0 Å². The molecule has 11 heavy (non-hydrogen) atoms. The molecule has 0 unspecified atom stereocenters. The van der Waals surface area contributed by atoms with Gasteiger partial charge < -0.3 is 5.11 Å². The minimum absolute atomic E-state index is 0.0301.